The molecule has 0 spiro atoms. The lowest BCUT2D eigenvalue weighted by Gasteiger charge is -2.38. The van der Waals surface area contributed by atoms with E-state index in [-0.39, 0.29) is 12.0 Å². The number of piperidine rings is 1. The fourth-order valence-electron chi connectivity index (χ4n) is 3.49. The number of carbonyl (C=O) groups is 1. The second-order valence-electron chi connectivity index (χ2n) is 6.33. The van der Waals surface area contributed by atoms with Crippen LogP contribution in [-0.2, 0) is 4.79 Å². The maximum absolute atomic E-state index is 12.6. The highest BCUT2D eigenvalue weighted by Gasteiger charge is 2.34. The molecule has 1 saturated carbocycles. The van der Waals surface area contributed by atoms with Crippen molar-refractivity contribution in [3.63, 3.8) is 0 Å². The van der Waals surface area contributed by atoms with Crippen LogP contribution in [0.15, 0.2) is 0 Å². The molecule has 104 valence electrons. The molecular formula is C15H28N2O. The quantitative estimate of drug-likeness (QED) is 0.820. The molecule has 0 bridgehead atoms. The number of rotatable bonds is 2. The van der Waals surface area contributed by atoms with Gasteiger partial charge in [-0.15, -0.1) is 0 Å². The highest BCUT2D eigenvalue weighted by molar-refractivity contribution is 5.79. The summed E-state index contributed by atoms with van der Waals surface area (Å²) in [5.41, 5.74) is 6.03. The number of amides is 1. The number of likely N-dealkylation sites (tertiary alicyclic amines) is 1. The van der Waals surface area contributed by atoms with Gasteiger partial charge in [0.15, 0.2) is 0 Å². The summed E-state index contributed by atoms with van der Waals surface area (Å²) in [4.78, 5) is 14.7. The van der Waals surface area contributed by atoms with Crippen LogP contribution in [0.3, 0.4) is 0 Å². The zero-order chi connectivity index (χ0) is 13.1. The van der Waals surface area contributed by atoms with Crippen LogP contribution in [0.2, 0.25) is 0 Å². The Morgan fingerprint density at radius 3 is 2.50 bits per heavy atom. The van der Waals surface area contributed by atoms with E-state index in [2.05, 4.69) is 18.7 Å². The van der Waals surface area contributed by atoms with E-state index < -0.39 is 0 Å². The van der Waals surface area contributed by atoms with Crippen LogP contribution in [0.1, 0.15) is 52.4 Å². The number of nitrogens with two attached hydrogens (primary N) is 1. The monoisotopic (exact) mass is 252 g/mol. The van der Waals surface area contributed by atoms with Gasteiger partial charge in [0.1, 0.15) is 0 Å². The summed E-state index contributed by atoms with van der Waals surface area (Å²) >= 11 is 0. The van der Waals surface area contributed by atoms with Gasteiger partial charge in [0.05, 0.1) is 0 Å². The normalized spacial score (nSPS) is 34.6. The SMILES string of the molecule is CCC1CCN(C(=O)C2CC(N)CCC2C)CC1. The summed E-state index contributed by atoms with van der Waals surface area (Å²) in [6.07, 6.45) is 6.73. The Labute approximate surface area is 111 Å². The fraction of sp³-hybridized carbons (Fsp3) is 0.933. The van der Waals surface area contributed by atoms with E-state index in [1.54, 1.807) is 0 Å². The first-order chi connectivity index (χ1) is 8.61. The minimum Gasteiger partial charge on any atom is -0.342 e. The van der Waals surface area contributed by atoms with Crippen LogP contribution >= 0.6 is 0 Å². The molecule has 3 unspecified atom stereocenters. The smallest absolute Gasteiger partial charge is 0.226 e. The number of nitrogens with zero attached hydrogens (tertiary/aromatic N) is 1. The molecule has 18 heavy (non-hydrogen) atoms. The first-order valence-electron chi connectivity index (χ1n) is 7.66. The molecule has 3 nitrogen and oxygen atoms in total. The number of hydrogen-bond acceptors (Lipinski definition) is 2. The molecule has 1 amide bonds. The van der Waals surface area contributed by atoms with Crippen LogP contribution in [-0.4, -0.2) is 29.9 Å². The summed E-state index contributed by atoms with van der Waals surface area (Å²) < 4.78 is 0. The van der Waals surface area contributed by atoms with Gasteiger partial charge in [-0.3, -0.25) is 4.79 Å². The van der Waals surface area contributed by atoms with Crippen molar-refractivity contribution in [1.29, 1.82) is 0 Å². The minimum atomic E-state index is 0.187. The second-order valence-corrected chi connectivity index (χ2v) is 6.33. The average molecular weight is 252 g/mol. The van der Waals surface area contributed by atoms with Gasteiger partial charge in [0.2, 0.25) is 5.91 Å². The van der Waals surface area contributed by atoms with Gasteiger partial charge in [0, 0.05) is 25.0 Å². The van der Waals surface area contributed by atoms with E-state index >= 15 is 0 Å². The zero-order valence-electron chi connectivity index (χ0n) is 11.9. The van der Waals surface area contributed by atoms with Crippen molar-refractivity contribution < 1.29 is 4.79 Å². The van der Waals surface area contributed by atoms with Gasteiger partial charge in [0.25, 0.3) is 0 Å². The first kappa shape index (κ1) is 13.9. The largest absolute Gasteiger partial charge is 0.342 e. The lowest BCUT2D eigenvalue weighted by atomic mass is 9.77. The van der Waals surface area contributed by atoms with Crippen LogP contribution in [0, 0.1) is 17.8 Å². The van der Waals surface area contributed by atoms with Crippen molar-refractivity contribution in [3.8, 4) is 0 Å². The maximum atomic E-state index is 12.6. The van der Waals surface area contributed by atoms with Crippen LogP contribution in [0.4, 0.5) is 0 Å². The van der Waals surface area contributed by atoms with E-state index in [0.717, 1.165) is 38.3 Å². The topological polar surface area (TPSA) is 46.3 Å². The number of carbonyl (C=O) groups excluding carboxylic acids is 1. The highest BCUT2D eigenvalue weighted by Crippen LogP contribution is 2.32. The Morgan fingerprint density at radius 2 is 1.89 bits per heavy atom. The van der Waals surface area contributed by atoms with E-state index in [4.69, 9.17) is 5.73 Å². The molecule has 0 aromatic carbocycles. The van der Waals surface area contributed by atoms with Crippen molar-refractivity contribution in [3.05, 3.63) is 0 Å². The van der Waals surface area contributed by atoms with Crippen LogP contribution < -0.4 is 5.73 Å². The van der Waals surface area contributed by atoms with Crippen LogP contribution in [0.5, 0.6) is 0 Å². The third kappa shape index (κ3) is 3.05. The molecule has 2 N–H and O–H groups in total. The maximum Gasteiger partial charge on any atom is 0.226 e. The Morgan fingerprint density at radius 1 is 1.22 bits per heavy atom. The summed E-state index contributed by atoms with van der Waals surface area (Å²) in [5, 5.41) is 0. The van der Waals surface area contributed by atoms with E-state index in [9.17, 15) is 4.79 Å². The van der Waals surface area contributed by atoms with Gasteiger partial charge in [-0.2, -0.15) is 0 Å². The molecular weight excluding hydrogens is 224 g/mol. The Balaban J connectivity index is 1.90. The molecule has 0 aromatic rings. The molecule has 1 heterocycles. The highest BCUT2D eigenvalue weighted by atomic mass is 16.2. The Hall–Kier alpha value is -0.570. The molecule has 1 aliphatic carbocycles. The van der Waals surface area contributed by atoms with Crippen molar-refractivity contribution in [2.45, 2.75) is 58.4 Å². The fourth-order valence-corrected chi connectivity index (χ4v) is 3.49. The Kier molecular flexibility index (Phi) is 4.66. The number of hydrogen-bond donors (Lipinski definition) is 1. The van der Waals surface area contributed by atoms with Crippen LogP contribution in [0.25, 0.3) is 0 Å². The minimum absolute atomic E-state index is 0.187. The molecule has 1 saturated heterocycles. The summed E-state index contributed by atoms with van der Waals surface area (Å²) in [6.45, 7) is 6.41. The molecule has 2 aliphatic rings. The van der Waals surface area contributed by atoms with Gasteiger partial charge in [-0.25, -0.2) is 0 Å². The predicted molar refractivity (Wildman–Crippen MR) is 74.1 cm³/mol. The van der Waals surface area contributed by atoms with E-state index in [0.29, 0.717) is 11.8 Å². The summed E-state index contributed by atoms with van der Waals surface area (Å²) in [5.74, 6) is 1.92. The molecule has 1 aliphatic heterocycles. The third-order valence-electron chi connectivity index (χ3n) is 5.06. The molecule has 0 radical (unpaired) electrons. The second kappa shape index (κ2) is 6.05. The van der Waals surface area contributed by atoms with E-state index in [1.165, 1.54) is 19.3 Å². The first-order valence-corrected chi connectivity index (χ1v) is 7.66. The van der Waals surface area contributed by atoms with Gasteiger partial charge in [-0.05, 0) is 43.9 Å². The molecule has 2 rings (SSSR count). The third-order valence-corrected chi connectivity index (χ3v) is 5.06. The van der Waals surface area contributed by atoms with Crippen molar-refractivity contribution >= 4 is 5.91 Å². The van der Waals surface area contributed by atoms with Gasteiger partial charge >= 0.3 is 0 Å². The van der Waals surface area contributed by atoms with E-state index in [1.807, 2.05) is 0 Å². The predicted octanol–water partition coefficient (Wildman–Crippen LogP) is 2.40. The summed E-state index contributed by atoms with van der Waals surface area (Å²) in [6, 6.07) is 0.239. The van der Waals surface area contributed by atoms with Crippen molar-refractivity contribution in [2.75, 3.05) is 13.1 Å². The summed E-state index contributed by atoms with van der Waals surface area (Å²) in [7, 11) is 0. The van der Waals surface area contributed by atoms with Crippen molar-refractivity contribution in [2.24, 2.45) is 23.5 Å². The molecule has 0 aromatic heterocycles. The molecule has 3 atom stereocenters. The van der Waals surface area contributed by atoms with Gasteiger partial charge in [-0.1, -0.05) is 20.3 Å². The average Bonchev–Trinajstić information content (AvgIpc) is 2.41. The standard InChI is InChI=1S/C15H28N2O/c1-3-12-6-8-17(9-7-12)15(18)14-10-13(16)5-4-11(14)2/h11-14H,3-10,16H2,1-2H3. The lowest BCUT2D eigenvalue weighted by molar-refractivity contribution is -0.140. The zero-order valence-corrected chi connectivity index (χ0v) is 11.9. The lowest BCUT2D eigenvalue weighted by Crippen LogP contribution is -2.46. The van der Waals surface area contributed by atoms with Gasteiger partial charge < -0.3 is 10.6 Å². The molecule has 2 fully saturated rings. The van der Waals surface area contributed by atoms with Crippen molar-refractivity contribution in [1.82, 2.24) is 4.90 Å². The Bertz CT molecular complexity index is 284. The molecule has 3 heteroatoms.